The van der Waals surface area contributed by atoms with E-state index < -0.39 is 8.32 Å². The Kier molecular flexibility index (Phi) is 11.4. The van der Waals surface area contributed by atoms with Crippen LogP contribution in [-0.4, -0.2) is 51.9 Å². The van der Waals surface area contributed by atoms with Gasteiger partial charge >= 0.3 is 215 Å². The number of hydrogen-bond acceptors (Lipinski definition) is 3. The van der Waals surface area contributed by atoms with Crippen molar-refractivity contribution in [3.05, 3.63) is 66.2 Å². The van der Waals surface area contributed by atoms with Gasteiger partial charge in [0.1, 0.15) is 0 Å². The third kappa shape index (κ3) is 7.21. The van der Waals surface area contributed by atoms with Gasteiger partial charge < -0.3 is 0 Å². The molecular formula is C28H43NO3SeSi. The average Bonchev–Trinajstić information content (AvgIpc) is 2.80. The second kappa shape index (κ2) is 13.5. The molecule has 1 amide bonds. The van der Waals surface area contributed by atoms with E-state index in [4.69, 9.17) is 9.16 Å². The normalized spacial score (nSPS) is 13.9. The minimum absolute atomic E-state index is 0.00665. The Morgan fingerprint density at radius 2 is 1.35 bits per heavy atom. The van der Waals surface area contributed by atoms with Crippen LogP contribution in [0.25, 0.3) is 0 Å². The fraction of sp³-hybridized carbons (Fsp3) is 0.536. The van der Waals surface area contributed by atoms with Crippen molar-refractivity contribution in [3.8, 4) is 0 Å². The van der Waals surface area contributed by atoms with E-state index >= 15 is 0 Å². The molecule has 2 rings (SSSR count). The van der Waals surface area contributed by atoms with E-state index in [-0.39, 0.29) is 32.1 Å². The molecule has 0 aliphatic carbocycles. The molecule has 0 aromatic heterocycles. The molecule has 0 spiro atoms. The number of ether oxygens (including phenoxy) is 1. The van der Waals surface area contributed by atoms with Crippen LogP contribution in [-0.2, 0) is 15.7 Å². The molecule has 0 unspecified atom stereocenters. The maximum absolute atomic E-state index is 13.3. The van der Waals surface area contributed by atoms with Crippen molar-refractivity contribution in [3.63, 3.8) is 0 Å². The Bertz CT molecular complexity index is 839. The molecule has 0 radical (unpaired) electrons. The topological polar surface area (TPSA) is 38.8 Å². The van der Waals surface area contributed by atoms with Gasteiger partial charge in [-0.25, -0.2) is 0 Å². The van der Waals surface area contributed by atoms with E-state index in [9.17, 15) is 4.79 Å². The first kappa shape index (κ1) is 28.6. The van der Waals surface area contributed by atoms with E-state index in [0.717, 1.165) is 5.56 Å². The Morgan fingerprint density at radius 1 is 0.853 bits per heavy atom. The summed E-state index contributed by atoms with van der Waals surface area (Å²) in [5, 5.41) is 0. The number of carbonyl (C=O) groups is 1. The van der Waals surface area contributed by atoms with Gasteiger partial charge in [-0.2, -0.15) is 0 Å². The minimum atomic E-state index is -2.13. The Morgan fingerprint density at radius 3 is 1.82 bits per heavy atom. The van der Waals surface area contributed by atoms with Crippen molar-refractivity contribution in [1.29, 1.82) is 0 Å². The maximum atomic E-state index is 13.3. The molecule has 0 aliphatic heterocycles. The monoisotopic (exact) mass is 549 g/mol. The molecular weight excluding hydrogens is 505 g/mol. The molecule has 188 valence electrons. The molecule has 0 N–H and O–H groups in total. The van der Waals surface area contributed by atoms with Crippen LogP contribution in [0, 0.1) is 0 Å². The number of nitrogens with zero attached hydrogens (tertiary/aromatic N) is 1. The van der Waals surface area contributed by atoms with E-state index in [0.29, 0.717) is 29.8 Å². The van der Waals surface area contributed by atoms with Crippen molar-refractivity contribution < 1.29 is 14.0 Å². The molecule has 0 aliphatic rings. The number of amides is 1. The molecule has 0 saturated carbocycles. The molecule has 2 atom stereocenters. The zero-order valence-electron chi connectivity index (χ0n) is 22.2. The fourth-order valence-electron chi connectivity index (χ4n) is 5.08. The standard InChI is InChI=1S/C28H43NO3SeSi/c1-9-31-28(30)29(20-25-16-12-10-13-17-25)27(33-26-18-14-11-15-19-26)24(8)32-34(21(2)3,22(4)5)23(6)7/h10-19,21-24,27H,9,20H2,1-8H3/t24-,27-/m0/s1. The molecule has 0 saturated heterocycles. The van der Waals surface area contributed by atoms with E-state index in [1.807, 2.05) is 36.1 Å². The molecule has 2 aromatic carbocycles. The second-order valence-electron chi connectivity index (χ2n) is 9.77. The predicted octanol–water partition coefficient (Wildman–Crippen LogP) is 6.58. The summed E-state index contributed by atoms with van der Waals surface area (Å²) in [6, 6.07) is 20.7. The first-order valence-electron chi connectivity index (χ1n) is 12.5. The number of carbonyl (C=O) groups excluding carboxylic acids is 1. The van der Waals surface area contributed by atoms with Crippen LogP contribution < -0.4 is 4.46 Å². The van der Waals surface area contributed by atoms with Crippen molar-refractivity contribution >= 4 is 33.8 Å². The van der Waals surface area contributed by atoms with Crippen LogP contribution in [0.3, 0.4) is 0 Å². The third-order valence-electron chi connectivity index (χ3n) is 6.50. The van der Waals surface area contributed by atoms with Gasteiger partial charge in [-0.15, -0.1) is 0 Å². The number of benzene rings is 2. The molecule has 4 nitrogen and oxygen atoms in total. The van der Waals surface area contributed by atoms with Crippen molar-refractivity contribution in [2.24, 2.45) is 0 Å². The summed E-state index contributed by atoms with van der Waals surface area (Å²) in [6.45, 7) is 18.7. The van der Waals surface area contributed by atoms with Gasteiger partial charge in [-0.3, -0.25) is 0 Å². The van der Waals surface area contributed by atoms with Crippen LogP contribution in [0.4, 0.5) is 4.79 Å². The Labute approximate surface area is 214 Å². The fourth-order valence-corrected chi connectivity index (χ4v) is 13.3. The van der Waals surface area contributed by atoms with Gasteiger partial charge in [0.15, 0.2) is 0 Å². The van der Waals surface area contributed by atoms with Gasteiger partial charge in [0.05, 0.1) is 0 Å². The molecule has 6 heteroatoms. The SMILES string of the molecule is CCOC(=O)N(Cc1ccccc1)[C@@H]([Se]c1ccccc1)[C@H](C)O[Si](C(C)C)(C(C)C)C(C)C. The van der Waals surface area contributed by atoms with Crippen LogP contribution in [0.1, 0.15) is 61.0 Å². The number of hydrogen-bond donors (Lipinski definition) is 0. The van der Waals surface area contributed by atoms with Gasteiger partial charge in [0.25, 0.3) is 0 Å². The van der Waals surface area contributed by atoms with Gasteiger partial charge in [0, 0.05) is 0 Å². The first-order chi connectivity index (χ1) is 16.1. The molecule has 0 heterocycles. The van der Waals surface area contributed by atoms with E-state index in [1.165, 1.54) is 4.46 Å². The van der Waals surface area contributed by atoms with E-state index in [2.05, 4.69) is 84.9 Å². The van der Waals surface area contributed by atoms with Crippen molar-refractivity contribution in [2.75, 3.05) is 6.61 Å². The van der Waals surface area contributed by atoms with Gasteiger partial charge in [0.2, 0.25) is 0 Å². The van der Waals surface area contributed by atoms with Gasteiger partial charge in [-0.05, 0) is 0 Å². The van der Waals surface area contributed by atoms with Crippen LogP contribution in [0.15, 0.2) is 60.7 Å². The third-order valence-corrected chi connectivity index (χ3v) is 15.7. The summed E-state index contributed by atoms with van der Waals surface area (Å²) in [4.78, 5) is 15.1. The van der Waals surface area contributed by atoms with E-state index in [1.54, 1.807) is 0 Å². The molecule has 0 bridgehead atoms. The second-order valence-corrected chi connectivity index (χ2v) is 17.7. The zero-order chi connectivity index (χ0) is 25.3. The van der Waals surface area contributed by atoms with Crippen LogP contribution in [0.5, 0.6) is 0 Å². The summed E-state index contributed by atoms with van der Waals surface area (Å²) in [5.41, 5.74) is 2.52. The zero-order valence-corrected chi connectivity index (χ0v) is 24.9. The predicted molar refractivity (Wildman–Crippen MR) is 146 cm³/mol. The van der Waals surface area contributed by atoms with Crippen LogP contribution in [0.2, 0.25) is 16.6 Å². The molecule has 0 fully saturated rings. The van der Waals surface area contributed by atoms with Crippen molar-refractivity contribution in [2.45, 2.75) is 89.6 Å². The summed E-state index contributed by atoms with van der Waals surface area (Å²) in [7, 11) is -2.13. The summed E-state index contributed by atoms with van der Waals surface area (Å²) in [6.07, 6.45) is -0.372. The summed E-state index contributed by atoms with van der Waals surface area (Å²) >= 11 is -0.00665. The number of rotatable bonds is 12. The first-order valence-corrected chi connectivity index (χ1v) is 16.5. The summed E-state index contributed by atoms with van der Waals surface area (Å²) < 4.78 is 14.0. The molecule has 2 aromatic rings. The van der Waals surface area contributed by atoms with Crippen LogP contribution >= 0.6 is 0 Å². The summed E-state index contributed by atoms with van der Waals surface area (Å²) in [5.74, 6) is 0. The Hall–Kier alpha value is -1.59. The Balaban J connectivity index is 2.51. The quantitative estimate of drug-likeness (QED) is 0.281. The molecule has 34 heavy (non-hydrogen) atoms. The average molecular weight is 549 g/mol. The van der Waals surface area contributed by atoms with Crippen molar-refractivity contribution in [1.82, 2.24) is 4.90 Å². The van der Waals surface area contributed by atoms with Gasteiger partial charge in [-0.1, -0.05) is 0 Å².